The standard InChI is InChI=1S/C20H20N6O/c1-13-14(2)23-19(25-20(13)27)15-6-7-17(22-11-15)21-9-8-16-12-26-10-4-3-5-18(26)24-16/h3-7,10-12H,8-9H2,1-2H3,(H,21,22)(H,23,25,27). The molecule has 0 radical (unpaired) electrons. The molecule has 4 rings (SSSR count). The number of fused-ring (bicyclic) bond motifs is 1. The molecular weight excluding hydrogens is 340 g/mol. The molecule has 0 bridgehead atoms. The molecule has 0 amide bonds. The van der Waals surface area contributed by atoms with Gasteiger partial charge < -0.3 is 14.7 Å². The number of aromatic amines is 1. The van der Waals surface area contributed by atoms with Crippen LogP contribution < -0.4 is 10.9 Å². The van der Waals surface area contributed by atoms with E-state index in [1.54, 1.807) is 13.1 Å². The average molecular weight is 360 g/mol. The third kappa shape index (κ3) is 3.57. The molecule has 0 spiro atoms. The Labute approximate surface area is 156 Å². The van der Waals surface area contributed by atoms with Crippen LogP contribution in [0.5, 0.6) is 0 Å². The summed E-state index contributed by atoms with van der Waals surface area (Å²) in [6, 6.07) is 9.73. The molecule has 0 aliphatic carbocycles. The van der Waals surface area contributed by atoms with Gasteiger partial charge in [0, 0.05) is 48.4 Å². The van der Waals surface area contributed by atoms with Gasteiger partial charge in [0.1, 0.15) is 17.3 Å². The third-order valence-corrected chi connectivity index (χ3v) is 4.53. The molecule has 0 fully saturated rings. The molecule has 2 N–H and O–H groups in total. The number of rotatable bonds is 5. The second kappa shape index (κ2) is 7.03. The molecule has 0 saturated carbocycles. The van der Waals surface area contributed by atoms with Crippen molar-refractivity contribution in [1.29, 1.82) is 0 Å². The Morgan fingerprint density at radius 1 is 1.15 bits per heavy atom. The lowest BCUT2D eigenvalue weighted by Gasteiger charge is -2.07. The van der Waals surface area contributed by atoms with E-state index in [0.29, 0.717) is 11.4 Å². The topological polar surface area (TPSA) is 88.0 Å². The minimum absolute atomic E-state index is 0.118. The fourth-order valence-electron chi connectivity index (χ4n) is 2.85. The van der Waals surface area contributed by atoms with Crippen molar-refractivity contribution >= 4 is 11.5 Å². The maximum Gasteiger partial charge on any atom is 0.254 e. The molecule has 27 heavy (non-hydrogen) atoms. The molecule has 4 aromatic heterocycles. The molecule has 0 aliphatic rings. The Morgan fingerprint density at radius 2 is 2.04 bits per heavy atom. The van der Waals surface area contributed by atoms with Gasteiger partial charge in [-0.15, -0.1) is 0 Å². The maximum atomic E-state index is 11.9. The highest BCUT2D eigenvalue weighted by atomic mass is 16.1. The largest absolute Gasteiger partial charge is 0.370 e. The number of nitrogens with zero attached hydrogens (tertiary/aromatic N) is 4. The van der Waals surface area contributed by atoms with E-state index >= 15 is 0 Å². The van der Waals surface area contributed by atoms with Crippen LogP contribution >= 0.6 is 0 Å². The van der Waals surface area contributed by atoms with Gasteiger partial charge in [-0.2, -0.15) is 0 Å². The number of H-pyrrole nitrogens is 1. The molecule has 0 unspecified atom stereocenters. The van der Waals surface area contributed by atoms with Crippen molar-refractivity contribution in [2.24, 2.45) is 0 Å². The van der Waals surface area contributed by atoms with E-state index in [4.69, 9.17) is 0 Å². The summed E-state index contributed by atoms with van der Waals surface area (Å²) in [7, 11) is 0. The Kier molecular flexibility index (Phi) is 4.42. The number of aryl methyl sites for hydroxylation is 1. The van der Waals surface area contributed by atoms with Gasteiger partial charge >= 0.3 is 0 Å². The van der Waals surface area contributed by atoms with Crippen molar-refractivity contribution < 1.29 is 0 Å². The summed E-state index contributed by atoms with van der Waals surface area (Å²) >= 11 is 0. The van der Waals surface area contributed by atoms with Crippen LogP contribution in [-0.2, 0) is 6.42 Å². The summed E-state index contributed by atoms with van der Waals surface area (Å²) in [6.45, 7) is 4.32. The highest BCUT2D eigenvalue weighted by molar-refractivity contribution is 5.56. The van der Waals surface area contributed by atoms with Gasteiger partial charge in [-0.1, -0.05) is 6.07 Å². The van der Waals surface area contributed by atoms with Crippen molar-refractivity contribution in [3.8, 4) is 11.4 Å². The van der Waals surface area contributed by atoms with Gasteiger partial charge in [-0.3, -0.25) is 4.79 Å². The van der Waals surface area contributed by atoms with Crippen molar-refractivity contribution in [3.63, 3.8) is 0 Å². The van der Waals surface area contributed by atoms with Crippen LogP contribution in [0, 0.1) is 13.8 Å². The summed E-state index contributed by atoms with van der Waals surface area (Å²) in [5.74, 6) is 1.31. The molecule has 4 aromatic rings. The number of imidazole rings is 1. The molecule has 0 saturated heterocycles. The van der Waals surface area contributed by atoms with Crippen molar-refractivity contribution in [3.05, 3.63) is 76.2 Å². The van der Waals surface area contributed by atoms with Crippen LogP contribution in [0.1, 0.15) is 17.0 Å². The molecular formula is C20H20N6O. The van der Waals surface area contributed by atoms with E-state index in [2.05, 4.69) is 25.3 Å². The van der Waals surface area contributed by atoms with Crippen molar-refractivity contribution in [1.82, 2.24) is 24.3 Å². The van der Waals surface area contributed by atoms with Crippen molar-refractivity contribution in [2.45, 2.75) is 20.3 Å². The predicted molar refractivity (Wildman–Crippen MR) is 105 cm³/mol. The highest BCUT2D eigenvalue weighted by Gasteiger charge is 2.07. The number of hydrogen-bond acceptors (Lipinski definition) is 5. The zero-order valence-corrected chi connectivity index (χ0v) is 15.2. The summed E-state index contributed by atoms with van der Waals surface area (Å²) in [5, 5.41) is 3.30. The minimum atomic E-state index is -0.118. The van der Waals surface area contributed by atoms with E-state index in [0.717, 1.165) is 41.4 Å². The number of pyridine rings is 2. The quantitative estimate of drug-likeness (QED) is 0.571. The van der Waals surface area contributed by atoms with E-state index < -0.39 is 0 Å². The highest BCUT2D eigenvalue weighted by Crippen LogP contribution is 2.15. The monoisotopic (exact) mass is 360 g/mol. The second-order valence-corrected chi connectivity index (χ2v) is 6.43. The van der Waals surface area contributed by atoms with Crippen LogP contribution in [-0.4, -0.2) is 30.9 Å². The SMILES string of the molecule is Cc1nc(-c2ccc(NCCc3cn4ccccc4n3)nc2)[nH]c(=O)c1C. The Hall–Kier alpha value is -3.48. The fourth-order valence-corrected chi connectivity index (χ4v) is 2.85. The lowest BCUT2D eigenvalue weighted by molar-refractivity contribution is 0.969. The van der Waals surface area contributed by atoms with E-state index in [1.165, 1.54) is 0 Å². The van der Waals surface area contributed by atoms with Gasteiger partial charge in [0.05, 0.1) is 5.69 Å². The number of anilines is 1. The van der Waals surface area contributed by atoms with Gasteiger partial charge in [0.15, 0.2) is 0 Å². The average Bonchev–Trinajstić information content (AvgIpc) is 3.09. The normalized spacial score (nSPS) is 11.0. The zero-order valence-electron chi connectivity index (χ0n) is 15.2. The molecule has 4 heterocycles. The first-order valence-electron chi connectivity index (χ1n) is 8.80. The molecule has 136 valence electrons. The lowest BCUT2D eigenvalue weighted by atomic mass is 10.2. The minimum Gasteiger partial charge on any atom is -0.370 e. The van der Waals surface area contributed by atoms with Gasteiger partial charge in [0.25, 0.3) is 5.56 Å². The number of aromatic nitrogens is 5. The first-order chi connectivity index (χ1) is 13.1. The Balaban J connectivity index is 1.41. The molecule has 0 aromatic carbocycles. The van der Waals surface area contributed by atoms with Crippen LogP contribution in [0.15, 0.2) is 53.7 Å². The molecule has 7 nitrogen and oxygen atoms in total. The van der Waals surface area contributed by atoms with E-state index in [1.807, 2.05) is 54.0 Å². The summed E-state index contributed by atoms with van der Waals surface area (Å²) in [6.07, 6.45) is 6.54. The first-order valence-corrected chi connectivity index (χ1v) is 8.80. The smallest absolute Gasteiger partial charge is 0.254 e. The fraction of sp³-hybridized carbons (Fsp3) is 0.200. The van der Waals surface area contributed by atoms with Crippen molar-refractivity contribution in [2.75, 3.05) is 11.9 Å². The summed E-state index contributed by atoms with van der Waals surface area (Å²) in [4.78, 5) is 28.1. The van der Waals surface area contributed by atoms with Crippen LogP contribution in [0.3, 0.4) is 0 Å². The summed E-state index contributed by atoms with van der Waals surface area (Å²) in [5.41, 5.74) is 4.00. The van der Waals surface area contributed by atoms with E-state index in [9.17, 15) is 4.79 Å². The second-order valence-electron chi connectivity index (χ2n) is 6.43. The number of nitrogens with one attached hydrogen (secondary N) is 2. The van der Waals surface area contributed by atoms with Gasteiger partial charge in [-0.05, 0) is 38.1 Å². The Bertz CT molecular complexity index is 1110. The lowest BCUT2D eigenvalue weighted by Crippen LogP contribution is -2.14. The molecule has 7 heteroatoms. The van der Waals surface area contributed by atoms with Gasteiger partial charge in [0.2, 0.25) is 0 Å². The first kappa shape index (κ1) is 17.0. The molecule has 0 atom stereocenters. The molecule has 0 aliphatic heterocycles. The predicted octanol–water partition coefficient (Wildman–Crippen LogP) is 2.75. The Morgan fingerprint density at radius 3 is 2.78 bits per heavy atom. The number of hydrogen-bond donors (Lipinski definition) is 2. The van der Waals surface area contributed by atoms with Gasteiger partial charge in [-0.25, -0.2) is 15.0 Å². The van der Waals surface area contributed by atoms with Crippen LogP contribution in [0.4, 0.5) is 5.82 Å². The van der Waals surface area contributed by atoms with Crippen LogP contribution in [0.25, 0.3) is 17.0 Å². The van der Waals surface area contributed by atoms with Crippen LogP contribution in [0.2, 0.25) is 0 Å². The maximum absolute atomic E-state index is 11.9. The van der Waals surface area contributed by atoms with E-state index in [-0.39, 0.29) is 5.56 Å². The third-order valence-electron chi connectivity index (χ3n) is 4.53. The zero-order chi connectivity index (χ0) is 18.8. The summed E-state index contributed by atoms with van der Waals surface area (Å²) < 4.78 is 2.01.